The molecule has 0 fully saturated rings. The van der Waals surface area contributed by atoms with Crippen LogP contribution in [0.1, 0.15) is 16.2 Å². The van der Waals surface area contributed by atoms with Crippen molar-refractivity contribution in [2.45, 2.75) is 6.92 Å². The van der Waals surface area contributed by atoms with Crippen LogP contribution in [0.25, 0.3) is 0 Å². The van der Waals surface area contributed by atoms with Crippen LogP contribution in [-0.2, 0) is 0 Å². The number of halogens is 1. The van der Waals surface area contributed by atoms with Crippen LogP contribution in [0.2, 0.25) is 5.02 Å². The summed E-state index contributed by atoms with van der Waals surface area (Å²) in [6.07, 6.45) is 0. The molecule has 0 saturated carbocycles. The average Bonchev–Trinajstić information content (AvgIpc) is 2.68. The highest BCUT2D eigenvalue weighted by atomic mass is 35.5. The van der Waals surface area contributed by atoms with Gasteiger partial charge in [0.15, 0.2) is 5.69 Å². The summed E-state index contributed by atoms with van der Waals surface area (Å²) in [6, 6.07) is 6.77. The molecule has 0 saturated heterocycles. The van der Waals surface area contributed by atoms with Crippen LogP contribution in [0.15, 0.2) is 28.9 Å². The number of aromatic nitrogens is 2. The van der Waals surface area contributed by atoms with Crippen molar-refractivity contribution < 1.29 is 9.42 Å². The Hall–Kier alpha value is -1.88. The average molecular weight is 238 g/mol. The molecule has 1 aromatic heterocycles. The number of rotatable bonds is 2. The Morgan fingerprint density at radius 3 is 2.56 bits per heavy atom. The maximum absolute atomic E-state index is 11.7. The van der Waals surface area contributed by atoms with Gasteiger partial charge in [0.2, 0.25) is 0 Å². The van der Waals surface area contributed by atoms with Crippen molar-refractivity contribution >= 4 is 23.2 Å². The van der Waals surface area contributed by atoms with Crippen molar-refractivity contribution in [3.63, 3.8) is 0 Å². The van der Waals surface area contributed by atoms with Gasteiger partial charge in [0, 0.05) is 10.7 Å². The number of hydrogen-bond acceptors (Lipinski definition) is 4. The van der Waals surface area contributed by atoms with E-state index in [0.717, 1.165) is 0 Å². The predicted octanol–water partition coefficient (Wildman–Crippen LogP) is 2.28. The first-order chi connectivity index (χ1) is 7.66. The fourth-order valence-electron chi connectivity index (χ4n) is 1.16. The zero-order chi connectivity index (χ0) is 11.5. The minimum absolute atomic E-state index is 0.176. The molecule has 6 heteroatoms. The Morgan fingerprint density at radius 1 is 1.31 bits per heavy atom. The summed E-state index contributed by atoms with van der Waals surface area (Å²) in [6.45, 7) is 1.65. The van der Waals surface area contributed by atoms with E-state index in [1.54, 1.807) is 31.2 Å². The monoisotopic (exact) mass is 237 g/mol. The highest BCUT2D eigenvalue weighted by Gasteiger charge is 2.14. The Balaban J connectivity index is 2.14. The van der Waals surface area contributed by atoms with Crippen molar-refractivity contribution in [2.75, 3.05) is 5.32 Å². The number of nitrogens with one attached hydrogen (secondary N) is 1. The number of amides is 1. The molecule has 16 heavy (non-hydrogen) atoms. The Bertz CT molecular complexity index is 507. The first-order valence-electron chi connectivity index (χ1n) is 4.53. The van der Waals surface area contributed by atoms with E-state index in [0.29, 0.717) is 16.4 Å². The second-order valence-corrected chi connectivity index (χ2v) is 3.60. The van der Waals surface area contributed by atoms with Gasteiger partial charge in [-0.05, 0) is 36.3 Å². The van der Waals surface area contributed by atoms with Crippen molar-refractivity contribution in [3.8, 4) is 0 Å². The van der Waals surface area contributed by atoms with Gasteiger partial charge in [-0.3, -0.25) is 4.79 Å². The molecule has 1 N–H and O–H groups in total. The number of aryl methyl sites for hydroxylation is 1. The molecule has 0 radical (unpaired) electrons. The number of carbonyl (C=O) groups excluding carboxylic acids is 1. The molecule has 2 aromatic rings. The smallest absolute Gasteiger partial charge is 0.279 e. The fourth-order valence-corrected chi connectivity index (χ4v) is 1.29. The summed E-state index contributed by atoms with van der Waals surface area (Å²) < 4.78 is 4.44. The Morgan fingerprint density at radius 2 is 2.00 bits per heavy atom. The van der Waals surface area contributed by atoms with E-state index in [-0.39, 0.29) is 11.6 Å². The molecule has 0 aliphatic rings. The van der Waals surface area contributed by atoms with E-state index in [1.807, 2.05) is 0 Å². The molecule has 0 spiro atoms. The van der Waals surface area contributed by atoms with Gasteiger partial charge in [-0.1, -0.05) is 16.8 Å². The van der Waals surface area contributed by atoms with Gasteiger partial charge in [0.05, 0.1) is 0 Å². The SMILES string of the molecule is Cc1nonc1C(=O)Nc1ccc(Cl)cc1. The van der Waals surface area contributed by atoms with Gasteiger partial charge < -0.3 is 5.32 Å². The zero-order valence-electron chi connectivity index (χ0n) is 8.40. The normalized spacial score (nSPS) is 10.1. The number of nitrogens with zero attached hydrogens (tertiary/aromatic N) is 2. The van der Waals surface area contributed by atoms with E-state index in [4.69, 9.17) is 11.6 Å². The lowest BCUT2D eigenvalue weighted by Crippen LogP contribution is -2.13. The highest BCUT2D eigenvalue weighted by molar-refractivity contribution is 6.30. The molecule has 1 aromatic carbocycles. The van der Waals surface area contributed by atoms with Crippen molar-refractivity contribution in [1.82, 2.24) is 10.3 Å². The van der Waals surface area contributed by atoms with Gasteiger partial charge in [-0.25, -0.2) is 4.63 Å². The quantitative estimate of drug-likeness (QED) is 0.870. The second kappa shape index (κ2) is 4.32. The summed E-state index contributed by atoms with van der Waals surface area (Å²) in [5.74, 6) is -0.360. The second-order valence-electron chi connectivity index (χ2n) is 3.16. The van der Waals surface area contributed by atoms with Crippen molar-refractivity contribution in [3.05, 3.63) is 40.7 Å². The number of anilines is 1. The predicted molar refractivity (Wildman–Crippen MR) is 58.4 cm³/mol. The lowest BCUT2D eigenvalue weighted by atomic mass is 10.3. The molecule has 0 bridgehead atoms. The molecule has 0 aliphatic heterocycles. The third-order valence-electron chi connectivity index (χ3n) is 1.97. The van der Waals surface area contributed by atoms with Crippen LogP contribution < -0.4 is 5.32 Å². The molecule has 0 atom stereocenters. The maximum Gasteiger partial charge on any atom is 0.279 e. The lowest BCUT2D eigenvalue weighted by Gasteiger charge is -2.02. The van der Waals surface area contributed by atoms with Gasteiger partial charge in [-0.15, -0.1) is 0 Å². The van der Waals surface area contributed by atoms with E-state index >= 15 is 0 Å². The van der Waals surface area contributed by atoms with E-state index < -0.39 is 0 Å². The fraction of sp³-hybridized carbons (Fsp3) is 0.100. The summed E-state index contributed by atoms with van der Waals surface area (Å²) in [4.78, 5) is 11.7. The number of benzene rings is 1. The summed E-state index contributed by atoms with van der Waals surface area (Å²) in [5.41, 5.74) is 1.26. The molecular weight excluding hydrogens is 230 g/mol. The Kier molecular flexibility index (Phi) is 2.87. The van der Waals surface area contributed by atoms with Gasteiger partial charge in [-0.2, -0.15) is 0 Å². The molecule has 82 valence electrons. The van der Waals surface area contributed by atoms with E-state index in [1.165, 1.54) is 0 Å². The molecular formula is C10H8ClN3O2. The van der Waals surface area contributed by atoms with Crippen LogP contribution >= 0.6 is 11.6 Å². The molecule has 0 aliphatic carbocycles. The van der Waals surface area contributed by atoms with Crippen molar-refractivity contribution in [1.29, 1.82) is 0 Å². The minimum Gasteiger partial charge on any atom is -0.320 e. The standard InChI is InChI=1S/C10H8ClN3O2/c1-6-9(14-16-13-6)10(15)12-8-4-2-7(11)3-5-8/h2-5H,1H3,(H,12,15). The zero-order valence-corrected chi connectivity index (χ0v) is 9.15. The van der Waals surface area contributed by atoms with E-state index in [9.17, 15) is 4.79 Å². The van der Waals surface area contributed by atoms with Gasteiger partial charge in [0.25, 0.3) is 5.91 Å². The van der Waals surface area contributed by atoms with Crippen LogP contribution in [0.3, 0.4) is 0 Å². The number of hydrogen-bond donors (Lipinski definition) is 1. The molecule has 1 amide bonds. The van der Waals surface area contributed by atoms with Crippen LogP contribution in [0, 0.1) is 6.92 Å². The highest BCUT2D eigenvalue weighted by Crippen LogP contribution is 2.14. The van der Waals surface area contributed by atoms with Crippen LogP contribution in [-0.4, -0.2) is 16.2 Å². The van der Waals surface area contributed by atoms with Crippen molar-refractivity contribution in [2.24, 2.45) is 0 Å². The van der Waals surface area contributed by atoms with E-state index in [2.05, 4.69) is 20.3 Å². The summed E-state index contributed by atoms with van der Waals surface area (Å²) in [7, 11) is 0. The third kappa shape index (κ3) is 2.20. The molecule has 1 heterocycles. The van der Waals surface area contributed by atoms with Gasteiger partial charge >= 0.3 is 0 Å². The summed E-state index contributed by atoms with van der Waals surface area (Å²) >= 11 is 5.72. The summed E-state index contributed by atoms with van der Waals surface area (Å²) in [5, 5.41) is 10.3. The lowest BCUT2D eigenvalue weighted by molar-refractivity contribution is 0.101. The largest absolute Gasteiger partial charge is 0.320 e. The molecule has 0 unspecified atom stereocenters. The first kappa shape index (κ1) is 10.6. The Labute approximate surface area is 96.4 Å². The maximum atomic E-state index is 11.7. The topological polar surface area (TPSA) is 68.0 Å². The first-order valence-corrected chi connectivity index (χ1v) is 4.90. The third-order valence-corrected chi connectivity index (χ3v) is 2.22. The van der Waals surface area contributed by atoms with Crippen LogP contribution in [0.5, 0.6) is 0 Å². The molecule has 5 nitrogen and oxygen atoms in total. The molecule has 2 rings (SSSR count). The van der Waals surface area contributed by atoms with Crippen LogP contribution in [0.4, 0.5) is 5.69 Å². The van der Waals surface area contributed by atoms with Gasteiger partial charge in [0.1, 0.15) is 5.69 Å². The number of carbonyl (C=O) groups is 1. The minimum atomic E-state index is -0.360.